The molecule has 0 bridgehead atoms. The third-order valence-corrected chi connectivity index (χ3v) is 4.81. The summed E-state index contributed by atoms with van der Waals surface area (Å²) in [4.78, 5) is 11.9. The van der Waals surface area contributed by atoms with Gasteiger partial charge in [0.15, 0.2) is 0 Å². The number of ether oxygens (including phenoxy) is 1. The Morgan fingerprint density at radius 2 is 2.00 bits per heavy atom. The van der Waals surface area contributed by atoms with Crippen molar-refractivity contribution in [3.8, 4) is 11.4 Å². The fourth-order valence-electron chi connectivity index (χ4n) is 1.83. The average molecular weight is 417 g/mol. The molecule has 142 valence electrons. The summed E-state index contributed by atoms with van der Waals surface area (Å²) in [6, 6.07) is 6.93. The molecule has 0 saturated heterocycles. The number of hydrogen-bond acceptors (Lipinski definition) is 9. The van der Waals surface area contributed by atoms with Crippen LogP contribution in [0.5, 0.6) is 5.75 Å². The van der Waals surface area contributed by atoms with Crippen molar-refractivity contribution in [2.24, 2.45) is 0 Å². The van der Waals surface area contributed by atoms with Crippen molar-refractivity contribution in [2.75, 3.05) is 18.2 Å². The monoisotopic (exact) mass is 417 g/mol. The quantitative estimate of drug-likeness (QED) is 0.609. The highest BCUT2D eigenvalue weighted by Crippen LogP contribution is 2.33. The van der Waals surface area contributed by atoms with Crippen molar-refractivity contribution < 1.29 is 22.7 Å². The highest BCUT2D eigenvalue weighted by molar-refractivity contribution is 7.99. The van der Waals surface area contributed by atoms with E-state index < -0.39 is 17.1 Å². The molecule has 0 unspecified atom stereocenters. The summed E-state index contributed by atoms with van der Waals surface area (Å²) in [5, 5.41) is 18.8. The van der Waals surface area contributed by atoms with E-state index in [1.165, 1.54) is 4.68 Å². The van der Waals surface area contributed by atoms with Gasteiger partial charge in [0, 0.05) is 0 Å². The number of rotatable bonds is 6. The van der Waals surface area contributed by atoms with E-state index in [9.17, 15) is 18.0 Å². The second kappa shape index (κ2) is 7.87. The van der Waals surface area contributed by atoms with Crippen LogP contribution in [0.25, 0.3) is 5.69 Å². The number of halogens is 3. The number of nitrogens with one attached hydrogen (secondary N) is 1. The minimum Gasteiger partial charge on any atom is -0.497 e. The molecule has 14 heteroatoms. The van der Waals surface area contributed by atoms with E-state index in [-0.39, 0.29) is 22.2 Å². The van der Waals surface area contributed by atoms with Crippen LogP contribution in [0.2, 0.25) is 0 Å². The standard InChI is InChI=1S/C13H10F3N7O2S2/c1-25-8-4-2-7(3-5-8)23-12(20-21-22-23)26-6-9(24)17-11-19-18-10(27-11)13(14,15)16/h2-5H,6H2,1H3,(H,17,19,24). The number of methoxy groups -OCH3 is 1. The third kappa shape index (κ3) is 4.71. The van der Waals surface area contributed by atoms with Crippen LogP contribution in [0.1, 0.15) is 5.01 Å². The molecule has 0 spiro atoms. The number of hydrogen-bond donors (Lipinski definition) is 1. The molecule has 0 aliphatic carbocycles. The van der Waals surface area contributed by atoms with Gasteiger partial charge < -0.3 is 4.74 Å². The Bertz CT molecular complexity index is 927. The molecular weight excluding hydrogens is 407 g/mol. The third-order valence-electron chi connectivity index (χ3n) is 3.00. The normalized spacial score (nSPS) is 11.4. The first-order valence-electron chi connectivity index (χ1n) is 7.13. The van der Waals surface area contributed by atoms with E-state index in [1.54, 1.807) is 31.4 Å². The lowest BCUT2D eigenvalue weighted by atomic mass is 10.3. The molecular formula is C13H10F3N7O2S2. The number of anilines is 1. The predicted molar refractivity (Wildman–Crippen MR) is 90.0 cm³/mol. The van der Waals surface area contributed by atoms with Crippen LogP contribution in [-0.4, -0.2) is 49.2 Å². The molecule has 2 heterocycles. The minimum absolute atomic E-state index is 0.128. The van der Waals surface area contributed by atoms with Gasteiger partial charge in [0.1, 0.15) is 5.75 Å². The van der Waals surface area contributed by atoms with Gasteiger partial charge in [-0.15, -0.1) is 15.3 Å². The smallest absolute Gasteiger partial charge is 0.445 e. The predicted octanol–water partition coefficient (Wildman–Crippen LogP) is 2.27. The Morgan fingerprint density at radius 3 is 2.63 bits per heavy atom. The van der Waals surface area contributed by atoms with Crippen molar-refractivity contribution in [2.45, 2.75) is 11.3 Å². The van der Waals surface area contributed by atoms with Gasteiger partial charge in [-0.25, -0.2) is 0 Å². The molecule has 9 nitrogen and oxygen atoms in total. The molecule has 2 aromatic heterocycles. The van der Waals surface area contributed by atoms with Crippen molar-refractivity contribution in [1.29, 1.82) is 0 Å². The molecule has 1 N–H and O–H groups in total. The van der Waals surface area contributed by atoms with Crippen LogP contribution in [0, 0.1) is 0 Å². The maximum atomic E-state index is 12.5. The first-order valence-corrected chi connectivity index (χ1v) is 8.93. The lowest BCUT2D eigenvalue weighted by molar-refractivity contribution is -0.138. The topological polar surface area (TPSA) is 108 Å². The number of amides is 1. The fraction of sp³-hybridized carbons (Fsp3) is 0.231. The second-order valence-corrected chi connectivity index (χ2v) is 6.74. The van der Waals surface area contributed by atoms with Crippen molar-refractivity contribution in [1.82, 2.24) is 30.4 Å². The Labute approximate surface area is 157 Å². The Balaban J connectivity index is 1.61. The number of nitrogens with zero attached hydrogens (tertiary/aromatic N) is 6. The molecule has 0 saturated carbocycles. The highest BCUT2D eigenvalue weighted by Gasteiger charge is 2.35. The number of thioether (sulfide) groups is 1. The molecule has 3 rings (SSSR count). The van der Waals surface area contributed by atoms with E-state index in [2.05, 4.69) is 31.0 Å². The summed E-state index contributed by atoms with van der Waals surface area (Å²) < 4.78 is 43.9. The molecule has 1 aromatic carbocycles. The van der Waals surface area contributed by atoms with Crippen LogP contribution < -0.4 is 10.1 Å². The zero-order valence-electron chi connectivity index (χ0n) is 13.5. The Kier molecular flexibility index (Phi) is 5.55. The number of alkyl halides is 3. The van der Waals surface area contributed by atoms with E-state index in [1.807, 2.05) is 0 Å². The Hall–Kier alpha value is -2.74. The first kappa shape index (κ1) is 19.0. The number of tetrazole rings is 1. The van der Waals surface area contributed by atoms with Gasteiger partial charge in [-0.2, -0.15) is 17.9 Å². The number of aromatic nitrogens is 6. The van der Waals surface area contributed by atoms with Gasteiger partial charge in [0.05, 0.1) is 18.6 Å². The van der Waals surface area contributed by atoms with Crippen LogP contribution in [0.3, 0.4) is 0 Å². The fourth-order valence-corrected chi connectivity index (χ4v) is 3.15. The van der Waals surface area contributed by atoms with Crippen molar-refractivity contribution in [3.63, 3.8) is 0 Å². The maximum Gasteiger partial charge on any atom is 0.445 e. The summed E-state index contributed by atoms with van der Waals surface area (Å²) in [6.07, 6.45) is -4.60. The molecule has 3 aromatic rings. The molecule has 27 heavy (non-hydrogen) atoms. The van der Waals surface area contributed by atoms with E-state index in [4.69, 9.17) is 4.74 Å². The van der Waals surface area contributed by atoms with Gasteiger partial charge in [0.2, 0.25) is 21.2 Å². The van der Waals surface area contributed by atoms with Crippen LogP contribution in [0.15, 0.2) is 29.4 Å². The first-order chi connectivity index (χ1) is 12.9. The zero-order chi connectivity index (χ0) is 19.4. The lowest BCUT2D eigenvalue weighted by Gasteiger charge is -2.05. The van der Waals surface area contributed by atoms with Crippen molar-refractivity contribution >= 4 is 34.1 Å². The summed E-state index contributed by atoms with van der Waals surface area (Å²) in [5.41, 5.74) is 0.655. The van der Waals surface area contributed by atoms with Gasteiger partial charge in [0.25, 0.3) is 0 Å². The Morgan fingerprint density at radius 1 is 1.26 bits per heavy atom. The summed E-state index contributed by atoms with van der Waals surface area (Å²) in [6.45, 7) is 0. The van der Waals surface area contributed by atoms with Crippen LogP contribution in [-0.2, 0) is 11.0 Å². The molecule has 1 amide bonds. The van der Waals surface area contributed by atoms with Crippen LogP contribution in [0.4, 0.5) is 18.3 Å². The molecule has 0 aliphatic rings. The average Bonchev–Trinajstić information content (AvgIpc) is 3.29. The van der Waals surface area contributed by atoms with Crippen LogP contribution >= 0.6 is 23.1 Å². The zero-order valence-corrected chi connectivity index (χ0v) is 15.1. The van der Waals surface area contributed by atoms with Gasteiger partial charge in [-0.3, -0.25) is 10.1 Å². The molecule has 0 fully saturated rings. The van der Waals surface area contributed by atoms with E-state index in [0.717, 1.165) is 11.8 Å². The SMILES string of the molecule is COc1ccc(-n2nnnc2SCC(=O)Nc2nnc(C(F)(F)F)s2)cc1. The summed E-state index contributed by atoms with van der Waals surface area (Å²) in [5.74, 6) is -0.0258. The van der Waals surface area contributed by atoms with Gasteiger partial charge in [-0.05, 0) is 34.7 Å². The second-order valence-electron chi connectivity index (χ2n) is 4.82. The lowest BCUT2D eigenvalue weighted by Crippen LogP contribution is -2.14. The number of carbonyl (C=O) groups is 1. The summed E-state index contributed by atoms with van der Waals surface area (Å²) >= 11 is 1.27. The van der Waals surface area contributed by atoms with Gasteiger partial charge in [-0.1, -0.05) is 23.1 Å². The van der Waals surface area contributed by atoms with Crippen molar-refractivity contribution in [3.05, 3.63) is 29.3 Å². The van der Waals surface area contributed by atoms with E-state index >= 15 is 0 Å². The minimum atomic E-state index is -4.60. The molecule has 0 radical (unpaired) electrons. The number of carbonyl (C=O) groups excluding carboxylic acids is 1. The summed E-state index contributed by atoms with van der Waals surface area (Å²) in [7, 11) is 1.54. The largest absolute Gasteiger partial charge is 0.497 e. The molecule has 0 atom stereocenters. The maximum absolute atomic E-state index is 12.5. The number of benzene rings is 1. The van der Waals surface area contributed by atoms with Gasteiger partial charge >= 0.3 is 6.18 Å². The van der Waals surface area contributed by atoms with E-state index in [0.29, 0.717) is 16.6 Å². The highest BCUT2D eigenvalue weighted by atomic mass is 32.2. The molecule has 0 aliphatic heterocycles.